The van der Waals surface area contributed by atoms with E-state index < -0.39 is 0 Å². The Morgan fingerprint density at radius 1 is 1.60 bits per heavy atom. The van der Waals surface area contributed by atoms with Crippen molar-refractivity contribution >= 4 is 5.97 Å². The molecule has 1 unspecified atom stereocenters. The molecule has 1 aliphatic rings. The average Bonchev–Trinajstić information content (AvgIpc) is 2.29. The predicted molar refractivity (Wildman–Crippen MR) is 59.3 cm³/mol. The quantitative estimate of drug-likeness (QED) is 0.398. The second-order valence-corrected chi connectivity index (χ2v) is 3.88. The van der Waals surface area contributed by atoms with Gasteiger partial charge in [-0.05, 0) is 32.4 Å². The lowest BCUT2D eigenvalue weighted by atomic mass is 10.0. The van der Waals surface area contributed by atoms with Crippen LogP contribution in [-0.4, -0.2) is 37.1 Å². The first kappa shape index (κ1) is 12.1. The van der Waals surface area contributed by atoms with E-state index in [0.29, 0.717) is 0 Å². The van der Waals surface area contributed by atoms with Gasteiger partial charge in [-0.1, -0.05) is 6.42 Å². The van der Waals surface area contributed by atoms with Crippen molar-refractivity contribution < 1.29 is 9.53 Å². The number of esters is 1. The van der Waals surface area contributed by atoms with Crippen molar-refractivity contribution in [1.82, 2.24) is 4.90 Å². The molecule has 0 aromatic heterocycles. The summed E-state index contributed by atoms with van der Waals surface area (Å²) >= 11 is 0. The number of likely N-dealkylation sites (tertiary alicyclic amines) is 1. The molecular formula is C12H19NO2. The largest absolute Gasteiger partial charge is 0.468 e. The fraction of sp³-hybridized carbons (Fsp3) is 0.750. The molecule has 1 heterocycles. The van der Waals surface area contributed by atoms with E-state index in [-0.39, 0.29) is 12.0 Å². The normalized spacial score (nSPS) is 22.0. The molecule has 0 amide bonds. The number of ether oxygens (including phenoxy) is 1. The van der Waals surface area contributed by atoms with Crippen LogP contribution in [0.2, 0.25) is 0 Å². The van der Waals surface area contributed by atoms with Crippen LogP contribution in [0.25, 0.3) is 0 Å². The molecular weight excluding hydrogens is 190 g/mol. The van der Waals surface area contributed by atoms with Crippen LogP contribution in [0.5, 0.6) is 0 Å². The number of methoxy groups -OCH3 is 1. The van der Waals surface area contributed by atoms with Gasteiger partial charge in [0.05, 0.1) is 7.11 Å². The molecule has 0 aromatic rings. The van der Waals surface area contributed by atoms with Crippen LogP contribution in [0.3, 0.4) is 0 Å². The minimum Gasteiger partial charge on any atom is -0.468 e. The molecule has 0 spiro atoms. The zero-order chi connectivity index (χ0) is 11.1. The number of piperidine rings is 1. The Morgan fingerprint density at radius 3 is 3.07 bits per heavy atom. The number of hydrogen-bond donors (Lipinski definition) is 0. The molecule has 84 valence electrons. The smallest absolute Gasteiger partial charge is 0.323 e. The molecule has 0 N–H and O–H groups in total. The summed E-state index contributed by atoms with van der Waals surface area (Å²) in [5, 5.41) is 0. The average molecular weight is 209 g/mol. The lowest BCUT2D eigenvalue weighted by Gasteiger charge is -2.33. The molecule has 1 saturated heterocycles. The summed E-state index contributed by atoms with van der Waals surface area (Å²) < 4.78 is 4.81. The van der Waals surface area contributed by atoms with Crippen LogP contribution < -0.4 is 0 Å². The van der Waals surface area contributed by atoms with Crippen LogP contribution in [0.4, 0.5) is 0 Å². The highest BCUT2D eigenvalue weighted by Gasteiger charge is 2.28. The number of terminal acetylenes is 1. The molecule has 1 aliphatic heterocycles. The molecule has 0 radical (unpaired) electrons. The third kappa shape index (κ3) is 3.56. The standard InChI is InChI=1S/C12H19NO2/c1-3-4-6-9-13-10-7-5-8-11(13)12(14)15-2/h1,11H,4-10H2,2H3. The molecule has 0 bridgehead atoms. The van der Waals surface area contributed by atoms with Crippen LogP contribution in [-0.2, 0) is 9.53 Å². The molecule has 0 aliphatic carbocycles. The van der Waals surface area contributed by atoms with Crippen molar-refractivity contribution in [2.24, 2.45) is 0 Å². The van der Waals surface area contributed by atoms with Gasteiger partial charge in [-0.3, -0.25) is 9.69 Å². The van der Waals surface area contributed by atoms with E-state index in [1.54, 1.807) is 0 Å². The number of nitrogens with zero attached hydrogens (tertiary/aromatic N) is 1. The van der Waals surface area contributed by atoms with Gasteiger partial charge in [-0.15, -0.1) is 12.3 Å². The van der Waals surface area contributed by atoms with Gasteiger partial charge in [-0.25, -0.2) is 0 Å². The second kappa shape index (κ2) is 6.47. The molecule has 1 rings (SSSR count). The van der Waals surface area contributed by atoms with Gasteiger partial charge in [0, 0.05) is 6.42 Å². The van der Waals surface area contributed by atoms with Gasteiger partial charge >= 0.3 is 5.97 Å². The van der Waals surface area contributed by atoms with E-state index in [4.69, 9.17) is 11.2 Å². The van der Waals surface area contributed by atoms with Crippen molar-refractivity contribution in [2.75, 3.05) is 20.2 Å². The molecule has 3 nitrogen and oxygen atoms in total. The summed E-state index contributed by atoms with van der Waals surface area (Å²) in [5.74, 6) is 2.52. The second-order valence-electron chi connectivity index (χ2n) is 3.88. The van der Waals surface area contributed by atoms with Gasteiger partial charge < -0.3 is 4.74 Å². The zero-order valence-corrected chi connectivity index (χ0v) is 9.37. The molecule has 0 aromatic carbocycles. The monoisotopic (exact) mass is 209 g/mol. The SMILES string of the molecule is C#CCCCN1CCCCC1C(=O)OC. The first-order valence-corrected chi connectivity index (χ1v) is 5.55. The third-order valence-electron chi connectivity index (χ3n) is 2.85. The fourth-order valence-electron chi connectivity index (χ4n) is 2.05. The summed E-state index contributed by atoms with van der Waals surface area (Å²) in [4.78, 5) is 13.7. The first-order valence-electron chi connectivity index (χ1n) is 5.55. The van der Waals surface area contributed by atoms with Gasteiger partial charge in [0.1, 0.15) is 6.04 Å². The first-order chi connectivity index (χ1) is 7.29. The van der Waals surface area contributed by atoms with Crippen molar-refractivity contribution in [3.05, 3.63) is 0 Å². The highest BCUT2D eigenvalue weighted by atomic mass is 16.5. The minimum atomic E-state index is -0.101. The number of unbranched alkanes of at least 4 members (excludes halogenated alkanes) is 1. The number of carbonyl (C=O) groups excluding carboxylic acids is 1. The van der Waals surface area contributed by atoms with E-state index in [1.807, 2.05) is 0 Å². The van der Waals surface area contributed by atoms with Crippen molar-refractivity contribution in [2.45, 2.75) is 38.1 Å². The Morgan fingerprint density at radius 2 is 2.40 bits per heavy atom. The summed E-state index contributed by atoms with van der Waals surface area (Å²) in [5.41, 5.74) is 0. The van der Waals surface area contributed by atoms with E-state index in [9.17, 15) is 4.79 Å². The van der Waals surface area contributed by atoms with E-state index in [0.717, 1.165) is 38.8 Å². The summed E-state index contributed by atoms with van der Waals surface area (Å²) in [6, 6.07) is -0.0403. The maximum atomic E-state index is 11.5. The maximum absolute atomic E-state index is 11.5. The van der Waals surface area contributed by atoms with Gasteiger partial charge in [0.2, 0.25) is 0 Å². The highest BCUT2D eigenvalue weighted by molar-refractivity contribution is 5.75. The van der Waals surface area contributed by atoms with Crippen molar-refractivity contribution in [1.29, 1.82) is 0 Å². The van der Waals surface area contributed by atoms with Crippen LogP contribution in [0, 0.1) is 12.3 Å². The number of hydrogen-bond acceptors (Lipinski definition) is 3. The van der Waals surface area contributed by atoms with Crippen LogP contribution in [0.1, 0.15) is 32.1 Å². The van der Waals surface area contributed by atoms with Crippen molar-refractivity contribution in [3.63, 3.8) is 0 Å². The number of rotatable bonds is 4. The zero-order valence-electron chi connectivity index (χ0n) is 9.37. The Bertz CT molecular complexity index is 244. The summed E-state index contributed by atoms with van der Waals surface area (Å²) in [7, 11) is 1.45. The lowest BCUT2D eigenvalue weighted by Crippen LogP contribution is -2.45. The number of carbonyl (C=O) groups is 1. The highest BCUT2D eigenvalue weighted by Crippen LogP contribution is 2.18. The molecule has 1 fully saturated rings. The van der Waals surface area contributed by atoms with Crippen molar-refractivity contribution in [3.8, 4) is 12.3 Å². The predicted octanol–water partition coefficient (Wildman–Crippen LogP) is 1.43. The molecule has 15 heavy (non-hydrogen) atoms. The van der Waals surface area contributed by atoms with Crippen LogP contribution >= 0.6 is 0 Å². The topological polar surface area (TPSA) is 29.5 Å². The minimum absolute atomic E-state index is 0.0403. The summed E-state index contributed by atoms with van der Waals surface area (Å²) in [6.07, 6.45) is 10.2. The van der Waals surface area contributed by atoms with E-state index in [2.05, 4.69) is 10.8 Å². The fourth-order valence-corrected chi connectivity index (χ4v) is 2.05. The molecule has 0 saturated carbocycles. The van der Waals surface area contributed by atoms with Gasteiger partial charge in [0.25, 0.3) is 0 Å². The van der Waals surface area contributed by atoms with Gasteiger partial charge in [0.15, 0.2) is 0 Å². The van der Waals surface area contributed by atoms with Crippen LogP contribution in [0.15, 0.2) is 0 Å². The third-order valence-corrected chi connectivity index (χ3v) is 2.85. The Balaban J connectivity index is 2.43. The Kier molecular flexibility index (Phi) is 5.20. The Labute approximate surface area is 91.8 Å². The lowest BCUT2D eigenvalue weighted by molar-refractivity contribution is -0.148. The Hall–Kier alpha value is -1.01. The van der Waals surface area contributed by atoms with E-state index in [1.165, 1.54) is 13.5 Å². The molecule has 3 heteroatoms. The van der Waals surface area contributed by atoms with E-state index >= 15 is 0 Å². The maximum Gasteiger partial charge on any atom is 0.323 e. The van der Waals surface area contributed by atoms with Gasteiger partial charge in [-0.2, -0.15) is 0 Å². The summed E-state index contributed by atoms with van der Waals surface area (Å²) in [6.45, 7) is 1.90. The molecule has 1 atom stereocenters.